The van der Waals surface area contributed by atoms with E-state index in [-0.39, 0.29) is 6.03 Å². The Hall–Kier alpha value is -2.37. The molecular formula is C16H21N5O. The summed E-state index contributed by atoms with van der Waals surface area (Å²) < 4.78 is 2.19. The van der Waals surface area contributed by atoms with Crippen molar-refractivity contribution in [2.45, 2.75) is 26.3 Å². The number of carbonyl (C=O) groups excluding carboxylic acids is 1. The van der Waals surface area contributed by atoms with E-state index in [9.17, 15) is 4.79 Å². The summed E-state index contributed by atoms with van der Waals surface area (Å²) in [6.07, 6.45) is 9.35. The van der Waals surface area contributed by atoms with Gasteiger partial charge in [-0.05, 0) is 30.9 Å². The molecule has 1 atom stereocenters. The van der Waals surface area contributed by atoms with E-state index < -0.39 is 0 Å². The van der Waals surface area contributed by atoms with Gasteiger partial charge in [0.1, 0.15) is 5.82 Å². The molecule has 0 saturated carbocycles. The van der Waals surface area contributed by atoms with Crippen molar-refractivity contribution in [1.82, 2.24) is 19.4 Å². The van der Waals surface area contributed by atoms with E-state index in [1.807, 2.05) is 32.4 Å². The minimum Gasteiger partial charge on any atom is -0.335 e. The molecule has 6 nitrogen and oxygen atoms in total. The molecule has 1 N–H and O–H groups in total. The van der Waals surface area contributed by atoms with Crippen LogP contribution in [0.15, 0.2) is 30.9 Å². The highest BCUT2D eigenvalue weighted by atomic mass is 16.2. The van der Waals surface area contributed by atoms with Crippen LogP contribution in [-0.4, -0.2) is 39.1 Å². The summed E-state index contributed by atoms with van der Waals surface area (Å²) in [4.78, 5) is 22.4. The van der Waals surface area contributed by atoms with Crippen molar-refractivity contribution in [2.24, 2.45) is 5.92 Å². The first-order valence-electron chi connectivity index (χ1n) is 7.56. The highest BCUT2D eigenvalue weighted by molar-refractivity contribution is 5.89. The fraction of sp³-hybridized carbons (Fsp3) is 0.438. The summed E-state index contributed by atoms with van der Waals surface area (Å²) in [5.41, 5.74) is 1.78. The van der Waals surface area contributed by atoms with Gasteiger partial charge in [0.05, 0.1) is 0 Å². The third-order valence-corrected chi connectivity index (χ3v) is 4.17. The van der Waals surface area contributed by atoms with E-state index in [0.29, 0.717) is 5.92 Å². The van der Waals surface area contributed by atoms with E-state index in [2.05, 4.69) is 19.9 Å². The second-order valence-corrected chi connectivity index (χ2v) is 5.90. The summed E-state index contributed by atoms with van der Waals surface area (Å²) in [6.45, 7) is 3.61. The molecule has 1 aliphatic rings. The van der Waals surface area contributed by atoms with Crippen molar-refractivity contribution in [3.63, 3.8) is 0 Å². The van der Waals surface area contributed by atoms with Crippen molar-refractivity contribution in [3.05, 3.63) is 42.2 Å². The zero-order chi connectivity index (χ0) is 15.5. The quantitative estimate of drug-likeness (QED) is 0.946. The van der Waals surface area contributed by atoms with E-state index in [0.717, 1.165) is 43.0 Å². The Morgan fingerprint density at radius 1 is 1.50 bits per heavy atom. The number of nitrogens with zero attached hydrogens (tertiary/aromatic N) is 4. The van der Waals surface area contributed by atoms with Gasteiger partial charge in [0.25, 0.3) is 0 Å². The maximum Gasteiger partial charge on any atom is 0.321 e. The molecule has 0 bridgehead atoms. The summed E-state index contributed by atoms with van der Waals surface area (Å²) in [6, 6.07) is 1.74. The van der Waals surface area contributed by atoms with Crippen molar-refractivity contribution in [3.8, 4) is 0 Å². The topological polar surface area (TPSA) is 63.1 Å². The summed E-state index contributed by atoms with van der Waals surface area (Å²) in [5.74, 6) is 1.62. The molecule has 22 heavy (non-hydrogen) atoms. The minimum atomic E-state index is -0.0780. The van der Waals surface area contributed by atoms with Gasteiger partial charge in [0.2, 0.25) is 0 Å². The SMILES string of the molecule is Cc1cnccc1NC(=O)N(C)C[C@@H]1CCc2nccn2C1. The van der Waals surface area contributed by atoms with Crippen LogP contribution in [0.5, 0.6) is 0 Å². The maximum absolute atomic E-state index is 12.3. The minimum absolute atomic E-state index is 0.0780. The maximum atomic E-state index is 12.3. The number of fused-ring (bicyclic) bond motifs is 1. The lowest BCUT2D eigenvalue weighted by Crippen LogP contribution is -2.38. The van der Waals surface area contributed by atoms with Crippen LogP contribution >= 0.6 is 0 Å². The largest absolute Gasteiger partial charge is 0.335 e. The first kappa shape index (κ1) is 14.6. The molecular weight excluding hydrogens is 278 g/mol. The lowest BCUT2D eigenvalue weighted by atomic mass is 9.99. The number of imidazole rings is 1. The van der Waals surface area contributed by atoms with E-state index in [4.69, 9.17) is 0 Å². The first-order valence-corrected chi connectivity index (χ1v) is 7.56. The molecule has 116 valence electrons. The lowest BCUT2D eigenvalue weighted by Gasteiger charge is -2.28. The predicted octanol–water partition coefficient (Wildman–Crippen LogP) is 2.31. The fourth-order valence-corrected chi connectivity index (χ4v) is 2.88. The van der Waals surface area contributed by atoms with Crippen LogP contribution in [0.4, 0.5) is 10.5 Å². The highest BCUT2D eigenvalue weighted by Crippen LogP contribution is 2.20. The first-order chi connectivity index (χ1) is 10.6. The predicted molar refractivity (Wildman–Crippen MR) is 84.7 cm³/mol. The monoisotopic (exact) mass is 299 g/mol. The van der Waals surface area contributed by atoms with Gasteiger partial charge in [-0.2, -0.15) is 0 Å². The molecule has 0 aliphatic carbocycles. The molecule has 1 aliphatic heterocycles. The number of pyridine rings is 1. The van der Waals surface area contributed by atoms with Crippen LogP contribution in [0, 0.1) is 12.8 Å². The molecule has 3 heterocycles. The van der Waals surface area contributed by atoms with Crippen molar-refractivity contribution >= 4 is 11.7 Å². The molecule has 2 aromatic rings. The van der Waals surface area contributed by atoms with Gasteiger partial charge in [-0.1, -0.05) is 0 Å². The summed E-state index contributed by atoms with van der Waals surface area (Å²) in [5, 5.41) is 2.94. The van der Waals surface area contributed by atoms with Crippen molar-refractivity contribution in [1.29, 1.82) is 0 Å². The third-order valence-electron chi connectivity index (χ3n) is 4.17. The average Bonchev–Trinajstić information content (AvgIpc) is 2.97. The van der Waals surface area contributed by atoms with Crippen LogP contribution < -0.4 is 5.32 Å². The van der Waals surface area contributed by atoms with Crippen molar-refractivity contribution < 1.29 is 4.79 Å². The van der Waals surface area contributed by atoms with E-state index >= 15 is 0 Å². The number of aryl methyl sites for hydroxylation is 2. The van der Waals surface area contributed by atoms with E-state index in [1.165, 1.54) is 0 Å². The molecule has 2 amide bonds. The molecule has 0 radical (unpaired) electrons. The standard InChI is InChI=1S/C16H21N5O/c1-12-9-17-6-5-14(12)19-16(22)20(2)10-13-3-4-15-18-7-8-21(15)11-13/h5-9,13H,3-4,10-11H2,1-2H3,(H,17,19,22)/t13-/m0/s1. The number of amides is 2. The molecule has 0 aromatic carbocycles. The van der Waals surface area contributed by atoms with Gasteiger partial charge < -0.3 is 14.8 Å². The molecule has 3 rings (SSSR count). The highest BCUT2D eigenvalue weighted by Gasteiger charge is 2.22. The van der Waals surface area contributed by atoms with Gasteiger partial charge in [0, 0.05) is 57.0 Å². The van der Waals surface area contributed by atoms with Gasteiger partial charge in [-0.25, -0.2) is 9.78 Å². The fourth-order valence-electron chi connectivity index (χ4n) is 2.88. The third kappa shape index (κ3) is 3.10. The van der Waals surface area contributed by atoms with Crippen molar-refractivity contribution in [2.75, 3.05) is 18.9 Å². The van der Waals surface area contributed by atoms with E-state index in [1.54, 1.807) is 17.3 Å². The zero-order valence-corrected chi connectivity index (χ0v) is 13.0. The number of anilines is 1. The Bertz CT molecular complexity index is 666. The summed E-state index contributed by atoms with van der Waals surface area (Å²) >= 11 is 0. The number of hydrogen-bond donors (Lipinski definition) is 1. The Kier molecular flexibility index (Phi) is 4.09. The number of rotatable bonds is 3. The normalized spacial score (nSPS) is 16.9. The number of carbonyl (C=O) groups is 1. The van der Waals surface area contributed by atoms with Gasteiger partial charge >= 0.3 is 6.03 Å². The smallest absolute Gasteiger partial charge is 0.321 e. The molecule has 0 unspecified atom stereocenters. The van der Waals surface area contributed by atoms with Gasteiger partial charge in [-0.15, -0.1) is 0 Å². The van der Waals surface area contributed by atoms with Gasteiger partial charge in [0.15, 0.2) is 0 Å². The average molecular weight is 299 g/mol. The Morgan fingerprint density at radius 2 is 2.36 bits per heavy atom. The summed E-state index contributed by atoms with van der Waals surface area (Å²) in [7, 11) is 1.84. The lowest BCUT2D eigenvalue weighted by molar-refractivity contribution is 0.205. The molecule has 2 aromatic heterocycles. The second kappa shape index (κ2) is 6.17. The van der Waals surface area contributed by atoms with Crippen LogP contribution in [0.1, 0.15) is 17.8 Å². The molecule has 0 spiro atoms. The van der Waals surface area contributed by atoms with Crippen LogP contribution in [-0.2, 0) is 13.0 Å². The number of aromatic nitrogens is 3. The Balaban J connectivity index is 1.57. The molecule has 0 saturated heterocycles. The molecule has 0 fully saturated rings. The zero-order valence-electron chi connectivity index (χ0n) is 13.0. The van der Waals surface area contributed by atoms with Gasteiger partial charge in [-0.3, -0.25) is 4.98 Å². The second-order valence-electron chi connectivity index (χ2n) is 5.90. The van der Waals surface area contributed by atoms with Crippen LogP contribution in [0.25, 0.3) is 0 Å². The molecule has 6 heteroatoms. The van der Waals surface area contributed by atoms with Crippen LogP contribution in [0.2, 0.25) is 0 Å². The van der Waals surface area contributed by atoms with Crippen LogP contribution in [0.3, 0.4) is 0 Å². The number of hydrogen-bond acceptors (Lipinski definition) is 3. The number of urea groups is 1. The Labute approximate surface area is 130 Å². The Morgan fingerprint density at radius 3 is 3.18 bits per heavy atom. The number of nitrogens with one attached hydrogen (secondary N) is 1.